The van der Waals surface area contributed by atoms with Crippen LogP contribution in [0, 0.1) is 0 Å². The van der Waals surface area contributed by atoms with Gasteiger partial charge in [-0.05, 0) is 17.9 Å². The molecule has 0 aliphatic rings. The Balaban J connectivity index is 2.51. The molecule has 2 heteroatoms. The molecule has 1 nitrogen and oxygen atoms in total. The zero-order chi connectivity index (χ0) is 8.81. The first-order valence-electron chi connectivity index (χ1n) is 4.29. The molecule has 12 heavy (non-hydrogen) atoms. The highest BCUT2D eigenvalue weighted by atomic mass is 32.1. The molecule has 0 spiro atoms. The second-order valence-corrected chi connectivity index (χ2v) is 3.81. The molecule has 0 bridgehead atoms. The highest BCUT2D eigenvalue weighted by Crippen LogP contribution is 2.23. The topological polar surface area (TPSA) is 17.1 Å². The standard InChI is InChI=1S/C10H13OS/c1-2-3-5-9(8-11)10-6-4-7-12-10/h4,6-7,9H,2-3,5H2,1H3. The van der Waals surface area contributed by atoms with Crippen LogP contribution in [-0.2, 0) is 4.79 Å². The molecule has 0 aliphatic heterocycles. The molecule has 1 unspecified atom stereocenters. The number of hydrogen-bond donors (Lipinski definition) is 0. The number of thiophene rings is 1. The molecule has 1 heterocycles. The Bertz CT molecular complexity index is 216. The maximum atomic E-state index is 10.6. The van der Waals surface area contributed by atoms with Gasteiger partial charge < -0.3 is 0 Å². The van der Waals surface area contributed by atoms with Crippen LogP contribution in [0.4, 0.5) is 0 Å². The van der Waals surface area contributed by atoms with Gasteiger partial charge in [0.2, 0.25) is 6.29 Å². The first-order valence-corrected chi connectivity index (χ1v) is 5.17. The van der Waals surface area contributed by atoms with Crippen LogP contribution in [0.25, 0.3) is 0 Å². The molecule has 1 aromatic rings. The van der Waals surface area contributed by atoms with Gasteiger partial charge in [0.15, 0.2) is 0 Å². The third-order valence-corrected chi connectivity index (χ3v) is 2.86. The van der Waals surface area contributed by atoms with E-state index in [1.54, 1.807) is 11.3 Å². The molecule has 0 N–H and O–H groups in total. The van der Waals surface area contributed by atoms with E-state index in [9.17, 15) is 4.79 Å². The van der Waals surface area contributed by atoms with Crippen molar-refractivity contribution < 1.29 is 4.79 Å². The zero-order valence-electron chi connectivity index (χ0n) is 7.25. The van der Waals surface area contributed by atoms with Crippen LogP contribution < -0.4 is 0 Å². The van der Waals surface area contributed by atoms with Crippen LogP contribution >= 0.6 is 11.3 Å². The molecule has 0 saturated heterocycles. The molecule has 0 fully saturated rings. The van der Waals surface area contributed by atoms with E-state index in [1.807, 2.05) is 17.5 Å². The van der Waals surface area contributed by atoms with Crippen LogP contribution in [0.1, 0.15) is 37.0 Å². The van der Waals surface area contributed by atoms with E-state index in [-0.39, 0.29) is 5.92 Å². The smallest absolute Gasteiger partial charge is 0.207 e. The lowest BCUT2D eigenvalue weighted by molar-refractivity contribution is 0.534. The molecule has 1 atom stereocenters. The molecular formula is C10H13OS. The van der Waals surface area contributed by atoms with Crippen molar-refractivity contribution in [3.8, 4) is 0 Å². The van der Waals surface area contributed by atoms with Crippen molar-refractivity contribution in [3.63, 3.8) is 0 Å². The van der Waals surface area contributed by atoms with E-state index in [0.717, 1.165) is 24.1 Å². The van der Waals surface area contributed by atoms with Crippen molar-refractivity contribution in [2.45, 2.75) is 32.1 Å². The molecule has 1 radical (unpaired) electrons. The Labute approximate surface area is 77.4 Å². The summed E-state index contributed by atoms with van der Waals surface area (Å²) in [6.07, 6.45) is 5.30. The van der Waals surface area contributed by atoms with E-state index < -0.39 is 0 Å². The van der Waals surface area contributed by atoms with Gasteiger partial charge in [-0.1, -0.05) is 25.8 Å². The average Bonchev–Trinajstić information content (AvgIpc) is 2.59. The van der Waals surface area contributed by atoms with Crippen LogP contribution in [0.3, 0.4) is 0 Å². The average molecular weight is 181 g/mol. The van der Waals surface area contributed by atoms with Crippen molar-refractivity contribution in [2.75, 3.05) is 0 Å². The summed E-state index contributed by atoms with van der Waals surface area (Å²) in [4.78, 5) is 11.7. The summed E-state index contributed by atoms with van der Waals surface area (Å²) < 4.78 is 0. The lowest BCUT2D eigenvalue weighted by Crippen LogP contribution is -1.96. The summed E-state index contributed by atoms with van der Waals surface area (Å²) in [5.74, 6) is 0.0185. The molecule has 1 aromatic heterocycles. The lowest BCUT2D eigenvalue weighted by Gasteiger charge is -2.04. The fourth-order valence-corrected chi connectivity index (χ4v) is 1.96. The van der Waals surface area contributed by atoms with Gasteiger partial charge in [0, 0.05) is 4.88 Å². The van der Waals surface area contributed by atoms with Gasteiger partial charge in [0.25, 0.3) is 0 Å². The summed E-state index contributed by atoms with van der Waals surface area (Å²) in [5.41, 5.74) is 0. The molecular weight excluding hydrogens is 168 g/mol. The van der Waals surface area contributed by atoms with Crippen LogP contribution in [-0.4, -0.2) is 6.29 Å². The molecule has 0 aromatic carbocycles. The Morgan fingerprint density at radius 1 is 1.67 bits per heavy atom. The number of rotatable bonds is 5. The summed E-state index contributed by atoms with van der Waals surface area (Å²) in [6.45, 7) is 2.14. The summed E-state index contributed by atoms with van der Waals surface area (Å²) >= 11 is 1.64. The Morgan fingerprint density at radius 2 is 2.50 bits per heavy atom. The van der Waals surface area contributed by atoms with Gasteiger partial charge >= 0.3 is 0 Å². The highest BCUT2D eigenvalue weighted by Gasteiger charge is 2.10. The van der Waals surface area contributed by atoms with Crippen LogP contribution in [0.15, 0.2) is 17.5 Å². The summed E-state index contributed by atoms with van der Waals surface area (Å²) in [6, 6.07) is 3.99. The second-order valence-electron chi connectivity index (χ2n) is 2.83. The second kappa shape index (κ2) is 5.09. The highest BCUT2D eigenvalue weighted by molar-refractivity contribution is 7.10. The fourth-order valence-electron chi connectivity index (χ4n) is 1.16. The summed E-state index contributed by atoms with van der Waals surface area (Å²) in [5, 5.41) is 2.01. The third kappa shape index (κ3) is 2.45. The largest absolute Gasteiger partial charge is 0.290 e. The van der Waals surface area contributed by atoms with E-state index in [0.29, 0.717) is 0 Å². The van der Waals surface area contributed by atoms with Crippen molar-refractivity contribution >= 4 is 17.6 Å². The lowest BCUT2D eigenvalue weighted by atomic mass is 10.0. The maximum absolute atomic E-state index is 10.6. The zero-order valence-corrected chi connectivity index (χ0v) is 8.06. The maximum Gasteiger partial charge on any atom is 0.207 e. The van der Waals surface area contributed by atoms with Gasteiger partial charge in [-0.25, -0.2) is 0 Å². The fraction of sp³-hybridized carbons (Fsp3) is 0.500. The minimum absolute atomic E-state index is 0.0185. The van der Waals surface area contributed by atoms with Crippen LogP contribution in [0.2, 0.25) is 0 Å². The Morgan fingerprint density at radius 3 is 3.00 bits per heavy atom. The Kier molecular flexibility index (Phi) is 4.01. The van der Waals surface area contributed by atoms with Crippen molar-refractivity contribution in [1.82, 2.24) is 0 Å². The van der Waals surface area contributed by atoms with Gasteiger partial charge in [0.05, 0.1) is 5.92 Å². The minimum atomic E-state index is 0.0185. The summed E-state index contributed by atoms with van der Waals surface area (Å²) in [7, 11) is 0. The number of hydrogen-bond acceptors (Lipinski definition) is 2. The van der Waals surface area contributed by atoms with E-state index in [2.05, 4.69) is 13.2 Å². The predicted octanol–water partition coefficient (Wildman–Crippen LogP) is 3.13. The van der Waals surface area contributed by atoms with Gasteiger partial charge in [0.1, 0.15) is 0 Å². The van der Waals surface area contributed by atoms with Crippen molar-refractivity contribution in [3.05, 3.63) is 22.4 Å². The first-order chi connectivity index (χ1) is 5.88. The third-order valence-electron chi connectivity index (χ3n) is 1.88. The quantitative estimate of drug-likeness (QED) is 0.682. The SMILES string of the molecule is CCCCC([C]=O)c1cccs1. The predicted molar refractivity (Wildman–Crippen MR) is 52.3 cm³/mol. The van der Waals surface area contributed by atoms with Gasteiger partial charge in [-0.15, -0.1) is 11.3 Å². The normalized spacial score (nSPS) is 12.8. The molecule has 0 amide bonds. The van der Waals surface area contributed by atoms with E-state index >= 15 is 0 Å². The number of unbranched alkanes of at least 4 members (excludes halogenated alkanes) is 1. The van der Waals surface area contributed by atoms with Crippen LogP contribution in [0.5, 0.6) is 0 Å². The van der Waals surface area contributed by atoms with Gasteiger partial charge in [-0.3, -0.25) is 4.79 Å². The minimum Gasteiger partial charge on any atom is -0.290 e. The molecule has 0 saturated carbocycles. The molecule has 0 aliphatic carbocycles. The first kappa shape index (κ1) is 9.46. The Hall–Kier alpha value is -0.630. The van der Waals surface area contributed by atoms with E-state index in [4.69, 9.17) is 0 Å². The van der Waals surface area contributed by atoms with Gasteiger partial charge in [-0.2, -0.15) is 0 Å². The monoisotopic (exact) mass is 181 g/mol. The molecule has 1 rings (SSSR count). The van der Waals surface area contributed by atoms with Crippen molar-refractivity contribution in [1.29, 1.82) is 0 Å². The number of carbonyl (C=O) groups excluding carboxylic acids is 1. The molecule has 65 valence electrons. The van der Waals surface area contributed by atoms with E-state index in [1.165, 1.54) is 0 Å². The van der Waals surface area contributed by atoms with Crippen molar-refractivity contribution in [2.24, 2.45) is 0 Å².